The molecule has 0 spiro atoms. The number of rotatable bonds is 2. The van der Waals surface area contributed by atoms with Crippen LogP contribution in [0.3, 0.4) is 0 Å². The molecule has 1 aliphatic rings. The van der Waals surface area contributed by atoms with Crippen molar-refractivity contribution >= 4 is 5.78 Å². The molecule has 1 aliphatic heterocycles. The predicted molar refractivity (Wildman–Crippen MR) is 76.4 cm³/mol. The Morgan fingerprint density at radius 1 is 1.09 bits per heavy atom. The number of phenolic OH excluding ortho intramolecular Hbond substituents is 3. The SMILES string of the molecule is COC1(c2ccc(O)cc2)COc2cc(O)cc(O)c2C1=O. The van der Waals surface area contributed by atoms with Gasteiger partial charge in [0.2, 0.25) is 5.78 Å². The molecule has 22 heavy (non-hydrogen) atoms. The molecule has 6 nitrogen and oxygen atoms in total. The Morgan fingerprint density at radius 2 is 1.77 bits per heavy atom. The van der Waals surface area contributed by atoms with Crippen LogP contribution in [0.1, 0.15) is 15.9 Å². The van der Waals surface area contributed by atoms with Gasteiger partial charge in [0.25, 0.3) is 0 Å². The summed E-state index contributed by atoms with van der Waals surface area (Å²) in [5.74, 6) is -0.876. The standard InChI is InChI=1S/C16H14O6/c1-21-16(9-2-4-10(17)5-3-9)8-22-13-7-11(18)6-12(19)14(13)15(16)20/h2-7,17-19H,8H2,1H3. The third-order valence-electron chi connectivity index (χ3n) is 3.77. The molecule has 2 aromatic rings. The van der Waals surface area contributed by atoms with E-state index in [2.05, 4.69) is 0 Å². The third-order valence-corrected chi connectivity index (χ3v) is 3.77. The van der Waals surface area contributed by atoms with Crippen LogP contribution < -0.4 is 4.74 Å². The van der Waals surface area contributed by atoms with Crippen LogP contribution in [0.4, 0.5) is 0 Å². The molecule has 2 aromatic carbocycles. The number of carbonyl (C=O) groups excluding carboxylic acids is 1. The number of hydrogen-bond donors (Lipinski definition) is 3. The Bertz CT molecular complexity index is 737. The number of methoxy groups -OCH3 is 1. The minimum atomic E-state index is -1.42. The maximum Gasteiger partial charge on any atom is 0.210 e. The Balaban J connectivity index is 2.15. The van der Waals surface area contributed by atoms with Crippen molar-refractivity contribution in [2.24, 2.45) is 0 Å². The van der Waals surface area contributed by atoms with Gasteiger partial charge in [0.05, 0.1) is 0 Å². The quantitative estimate of drug-likeness (QED) is 0.784. The second kappa shape index (κ2) is 4.92. The molecule has 0 bridgehead atoms. The zero-order chi connectivity index (χ0) is 15.9. The van der Waals surface area contributed by atoms with Crippen molar-refractivity contribution in [3.8, 4) is 23.0 Å². The fourth-order valence-electron chi connectivity index (χ4n) is 2.59. The van der Waals surface area contributed by atoms with Gasteiger partial charge in [0, 0.05) is 19.2 Å². The van der Waals surface area contributed by atoms with Crippen molar-refractivity contribution in [1.29, 1.82) is 0 Å². The molecule has 6 heteroatoms. The van der Waals surface area contributed by atoms with Gasteiger partial charge in [-0.05, 0) is 17.7 Å². The number of carbonyl (C=O) groups is 1. The van der Waals surface area contributed by atoms with Gasteiger partial charge in [0.15, 0.2) is 5.60 Å². The average molecular weight is 302 g/mol. The van der Waals surface area contributed by atoms with Gasteiger partial charge in [-0.1, -0.05) is 12.1 Å². The summed E-state index contributed by atoms with van der Waals surface area (Å²) in [7, 11) is 1.37. The molecule has 1 heterocycles. The van der Waals surface area contributed by atoms with E-state index < -0.39 is 11.4 Å². The summed E-state index contributed by atoms with van der Waals surface area (Å²) >= 11 is 0. The molecule has 1 atom stereocenters. The molecule has 1 unspecified atom stereocenters. The van der Waals surface area contributed by atoms with E-state index in [0.29, 0.717) is 5.56 Å². The molecule has 0 aliphatic carbocycles. The summed E-state index contributed by atoms with van der Waals surface area (Å²) in [5, 5.41) is 28.8. The van der Waals surface area contributed by atoms with Gasteiger partial charge in [-0.25, -0.2) is 0 Å². The molecule has 3 N–H and O–H groups in total. The molecule has 0 saturated heterocycles. The number of Topliss-reactive ketones (excluding diaryl/α,β-unsaturated/α-hetero) is 1. The normalized spacial score (nSPS) is 20.3. The molecule has 0 amide bonds. The van der Waals surface area contributed by atoms with E-state index in [1.807, 2.05) is 0 Å². The van der Waals surface area contributed by atoms with Crippen molar-refractivity contribution in [3.05, 3.63) is 47.5 Å². The van der Waals surface area contributed by atoms with E-state index in [1.165, 1.54) is 25.3 Å². The second-order valence-corrected chi connectivity index (χ2v) is 5.03. The monoisotopic (exact) mass is 302 g/mol. The van der Waals surface area contributed by atoms with E-state index in [9.17, 15) is 20.1 Å². The molecule has 0 radical (unpaired) electrons. The lowest BCUT2D eigenvalue weighted by atomic mass is 9.83. The summed E-state index contributed by atoms with van der Waals surface area (Å²) in [6, 6.07) is 8.34. The molecule has 3 rings (SSSR count). The number of phenols is 3. The lowest BCUT2D eigenvalue weighted by Crippen LogP contribution is -2.46. The Labute approximate surface area is 126 Å². The summed E-state index contributed by atoms with van der Waals surface area (Å²) in [6.45, 7) is -0.108. The number of ketones is 1. The van der Waals surface area contributed by atoms with Crippen LogP contribution in [0.15, 0.2) is 36.4 Å². The highest BCUT2D eigenvalue weighted by atomic mass is 16.5. The maximum absolute atomic E-state index is 12.9. The van der Waals surface area contributed by atoms with Crippen LogP contribution in [0, 0.1) is 0 Å². The third kappa shape index (κ3) is 1.96. The van der Waals surface area contributed by atoms with Gasteiger partial charge in [0.1, 0.15) is 35.2 Å². The number of aromatic hydroxyl groups is 3. The average Bonchev–Trinajstić information content (AvgIpc) is 2.48. The summed E-state index contributed by atoms with van der Waals surface area (Å²) in [6.07, 6.45) is 0. The molecule has 0 saturated carbocycles. The first-order valence-electron chi connectivity index (χ1n) is 6.56. The van der Waals surface area contributed by atoms with E-state index in [-0.39, 0.29) is 35.2 Å². The minimum Gasteiger partial charge on any atom is -0.508 e. The number of fused-ring (bicyclic) bond motifs is 1. The topological polar surface area (TPSA) is 96.2 Å². The minimum absolute atomic E-state index is 0.0426. The molecule has 0 aromatic heterocycles. The van der Waals surface area contributed by atoms with Gasteiger partial charge >= 0.3 is 0 Å². The molecule has 0 fully saturated rings. The lowest BCUT2D eigenvalue weighted by Gasteiger charge is -2.35. The van der Waals surface area contributed by atoms with Crippen LogP contribution in [0.25, 0.3) is 0 Å². The zero-order valence-electron chi connectivity index (χ0n) is 11.7. The van der Waals surface area contributed by atoms with Crippen LogP contribution in [0.2, 0.25) is 0 Å². The molecule has 114 valence electrons. The van der Waals surface area contributed by atoms with E-state index in [1.54, 1.807) is 12.1 Å². The Hall–Kier alpha value is -2.73. The zero-order valence-corrected chi connectivity index (χ0v) is 11.7. The van der Waals surface area contributed by atoms with E-state index in [4.69, 9.17) is 9.47 Å². The van der Waals surface area contributed by atoms with Gasteiger partial charge in [-0.2, -0.15) is 0 Å². The largest absolute Gasteiger partial charge is 0.508 e. The van der Waals surface area contributed by atoms with E-state index >= 15 is 0 Å². The highest BCUT2D eigenvalue weighted by Gasteiger charge is 2.47. The first-order valence-corrected chi connectivity index (χ1v) is 6.56. The van der Waals surface area contributed by atoms with E-state index in [0.717, 1.165) is 6.07 Å². The second-order valence-electron chi connectivity index (χ2n) is 5.03. The first-order chi connectivity index (χ1) is 10.5. The predicted octanol–water partition coefficient (Wildman–Crippen LogP) is 1.92. The van der Waals surface area contributed by atoms with Gasteiger partial charge in [-0.3, -0.25) is 4.79 Å². The van der Waals surface area contributed by atoms with Crippen LogP contribution in [-0.4, -0.2) is 34.8 Å². The van der Waals surface area contributed by atoms with Crippen LogP contribution >= 0.6 is 0 Å². The van der Waals surface area contributed by atoms with Gasteiger partial charge < -0.3 is 24.8 Å². The Morgan fingerprint density at radius 3 is 2.41 bits per heavy atom. The Kier molecular flexibility index (Phi) is 3.18. The maximum atomic E-state index is 12.9. The fourth-order valence-corrected chi connectivity index (χ4v) is 2.59. The van der Waals surface area contributed by atoms with Crippen molar-refractivity contribution in [3.63, 3.8) is 0 Å². The summed E-state index contributed by atoms with van der Waals surface area (Å²) < 4.78 is 10.9. The highest BCUT2D eigenvalue weighted by molar-refractivity contribution is 6.08. The highest BCUT2D eigenvalue weighted by Crippen LogP contribution is 2.43. The smallest absolute Gasteiger partial charge is 0.210 e. The number of hydrogen-bond acceptors (Lipinski definition) is 6. The fraction of sp³-hybridized carbons (Fsp3) is 0.188. The van der Waals surface area contributed by atoms with Crippen molar-refractivity contribution in [2.75, 3.05) is 13.7 Å². The lowest BCUT2D eigenvalue weighted by molar-refractivity contribution is -0.0348. The molecular weight excluding hydrogens is 288 g/mol. The number of benzene rings is 2. The summed E-state index contributed by atoms with van der Waals surface area (Å²) in [4.78, 5) is 12.9. The number of ether oxygens (including phenoxy) is 2. The van der Waals surface area contributed by atoms with Crippen molar-refractivity contribution < 1.29 is 29.6 Å². The summed E-state index contributed by atoms with van der Waals surface area (Å²) in [5.41, 5.74) is -0.968. The van der Waals surface area contributed by atoms with Crippen LogP contribution in [-0.2, 0) is 10.3 Å². The molecular formula is C16H14O6. The van der Waals surface area contributed by atoms with Crippen LogP contribution in [0.5, 0.6) is 23.0 Å². The van der Waals surface area contributed by atoms with Crippen molar-refractivity contribution in [1.82, 2.24) is 0 Å². The van der Waals surface area contributed by atoms with Gasteiger partial charge in [-0.15, -0.1) is 0 Å². The first kappa shape index (κ1) is 14.2. The van der Waals surface area contributed by atoms with Crippen molar-refractivity contribution in [2.45, 2.75) is 5.60 Å².